The van der Waals surface area contributed by atoms with Crippen LogP contribution >= 0.6 is 0 Å². The van der Waals surface area contributed by atoms with Crippen molar-refractivity contribution in [2.24, 2.45) is 0 Å². The first-order valence-corrected chi connectivity index (χ1v) is 12.4. The molecule has 34 heavy (non-hydrogen) atoms. The number of hydrogen-bond donors (Lipinski definition) is 1. The number of fused-ring (bicyclic) bond motifs is 1. The van der Waals surface area contributed by atoms with Gasteiger partial charge in [0.2, 0.25) is 0 Å². The minimum absolute atomic E-state index is 0.130. The van der Waals surface area contributed by atoms with E-state index in [4.69, 9.17) is 4.74 Å². The average molecular weight is 484 g/mol. The molecule has 0 radical (unpaired) electrons. The summed E-state index contributed by atoms with van der Waals surface area (Å²) in [6, 6.07) is 19.0. The first-order valence-electron chi connectivity index (χ1n) is 10.9. The van der Waals surface area contributed by atoms with Gasteiger partial charge in [-0.25, -0.2) is 12.8 Å². The number of carbonyl (C=O) groups excluding carboxylic acids is 1. The summed E-state index contributed by atoms with van der Waals surface area (Å²) in [4.78, 5) is 16.7. The lowest BCUT2D eigenvalue weighted by Crippen LogP contribution is -2.46. The normalized spacial score (nSPS) is 15.3. The molecule has 0 spiro atoms. The molecule has 0 saturated heterocycles. The number of nitrogens with one attached hydrogen (secondary N) is 1. The summed E-state index contributed by atoms with van der Waals surface area (Å²) >= 11 is 0. The molecule has 7 nitrogen and oxygen atoms in total. The predicted octanol–water partition coefficient (Wildman–Crippen LogP) is 3.99. The van der Waals surface area contributed by atoms with E-state index in [1.54, 1.807) is 13.1 Å². The van der Waals surface area contributed by atoms with Gasteiger partial charge >= 0.3 is 0 Å². The molecule has 1 heterocycles. The van der Waals surface area contributed by atoms with Gasteiger partial charge in [0.25, 0.3) is 15.9 Å². The number of halogens is 1. The van der Waals surface area contributed by atoms with E-state index >= 15 is 0 Å². The van der Waals surface area contributed by atoms with Gasteiger partial charge in [0.15, 0.2) is 0 Å². The van der Waals surface area contributed by atoms with E-state index in [0.29, 0.717) is 13.1 Å². The zero-order valence-corrected chi connectivity index (χ0v) is 19.8. The fraction of sp³-hybridized carbons (Fsp3) is 0.240. The molecule has 0 saturated carbocycles. The second-order valence-corrected chi connectivity index (χ2v) is 9.73. The lowest BCUT2D eigenvalue weighted by atomic mass is 10.1. The number of carbonyl (C=O) groups is 1. The van der Waals surface area contributed by atoms with Crippen molar-refractivity contribution in [3.8, 4) is 5.75 Å². The molecule has 1 unspecified atom stereocenters. The summed E-state index contributed by atoms with van der Waals surface area (Å²) in [5, 5.41) is 0. The summed E-state index contributed by atoms with van der Waals surface area (Å²) in [6.45, 7) is 3.83. The maximum Gasteiger partial charge on any atom is 0.262 e. The monoisotopic (exact) mass is 483 g/mol. The Balaban J connectivity index is 1.48. The van der Waals surface area contributed by atoms with Crippen LogP contribution < -0.4 is 14.4 Å². The molecule has 0 aliphatic carbocycles. The molecule has 1 aliphatic heterocycles. The van der Waals surface area contributed by atoms with E-state index in [0.717, 1.165) is 24.0 Å². The van der Waals surface area contributed by atoms with Crippen LogP contribution in [0.4, 0.5) is 15.8 Å². The molecule has 0 bridgehead atoms. The van der Waals surface area contributed by atoms with Crippen molar-refractivity contribution >= 4 is 27.3 Å². The maximum atomic E-state index is 13.9. The Hall–Kier alpha value is -3.59. The molecule has 9 heteroatoms. The van der Waals surface area contributed by atoms with Crippen LogP contribution in [0.15, 0.2) is 77.7 Å². The Morgan fingerprint density at radius 2 is 1.85 bits per heavy atom. The third kappa shape index (κ3) is 4.99. The molecule has 1 aliphatic rings. The molecule has 0 fully saturated rings. The van der Waals surface area contributed by atoms with E-state index < -0.39 is 15.8 Å². The molecule has 3 aromatic carbocycles. The zero-order valence-electron chi connectivity index (χ0n) is 18.9. The second kappa shape index (κ2) is 9.72. The van der Waals surface area contributed by atoms with Crippen LogP contribution in [-0.2, 0) is 10.0 Å². The quantitative estimate of drug-likeness (QED) is 0.550. The molecule has 3 aromatic rings. The fourth-order valence-electron chi connectivity index (χ4n) is 3.93. The molecule has 4 rings (SSSR count). The van der Waals surface area contributed by atoms with Gasteiger partial charge < -0.3 is 14.5 Å². The minimum Gasteiger partial charge on any atom is -0.485 e. The largest absolute Gasteiger partial charge is 0.485 e. The molecule has 178 valence electrons. The molecule has 1 N–H and O–H groups in total. The van der Waals surface area contributed by atoms with Gasteiger partial charge in [0, 0.05) is 19.2 Å². The van der Waals surface area contributed by atoms with Gasteiger partial charge in [-0.15, -0.1) is 0 Å². The van der Waals surface area contributed by atoms with E-state index in [2.05, 4.69) is 16.5 Å². The van der Waals surface area contributed by atoms with Crippen molar-refractivity contribution in [1.82, 2.24) is 4.90 Å². The summed E-state index contributed by atoms with van der Waals surface area (Å²) in [5.41, 5.74) is 1.07. The standard InChI is InChI=1S/C25H26FN3O4S/c1-3-29-17-19(33-24-14-7-6-13-23(24)29)16-28(2)25(30)18-9-8-10-20(15-18)34(31,32)27-22-12-5-4-11-21(22)26/h4-15,19,27H,3,16-17H2,1-2H3. The molecule has 1 atom stereocenters. The van der Waals surface area contributed by atoms with E-state index in [-0.39, 0.29) is 28.2 Å². The SMILES string of the molecule is CCN1CC(CN(C)C(=O)c2cccc(S(=O)(=O)Nc3ccccc3F)c2)Oc2ccccc21. The number of benzene rings is 3. The van der Waals surface area contributed by atoms with Gasteiger partial charge in [-0.05, 0) is 49.4 Å². The van der Waals surface area contributed by atoms with Crippen molar-refractivity contribution in [3.05, 3.63) is 84.2 Å². The predicted molar refractivity (Wildman–Crippen MR) is 129 cm³/mol. The Kier molecular flexibility index (Phi) is 6.74. The minimum atomic E-state index is -4.08. The Bertz CT molecular complexity index is 1300. The third-order valence-corrected chi connectivity index (χ3v) is 7.00. The number of para-hydroxylation sites is 3. The van der Waals surface area contributed by atoms with Crippen LogP contribution in [0.3, 0.4) is 0 Å². The highest BCUT2D eigenvalue weighted by Gasteiger charge is 2.27. The number of anilines is 2. The van der Waals surface area contributed by atoms with Gasteiger partial charge in [-0.2, -0.15) is 0 Å². The molecular weight excluding hydrogens is 457 g/mol. The van der Waals surface area contributed by atoms with Crippen molar-refractivity contribution in [2.45, 2.75) is 17.9 Å². The highest BCUT2D eigenvalue weighted by Crippen LogP contribution is 2.33. The van der Waals surface area contributed by atoms with E-state index in [9.17, 15) is 17.6 Å². The van der Waals surface area contributed by atoms with Crippen LogP contribution in [-0.4, -0.2) is 52.0 Å². The summed E-state index contributed by atoms with van der Waals surface area (Å²) in [6.07, 6.45) is -0.238. The van der Waals surface area contributed by atoms with Crippen LogP contribution in [0.5, 0.6) is 5.75 Å². The molecular formula is C25H26FN3O4S. The lowest BCUT2D eigenvalue weighted by Gasteiger charge is -2.37. The van der Waals surface area contributed by atoms with Crippen molar-refractivity contribution in [2.75, 3.05) is 36.3 Å². The maximum absolute atomic E-state index is 13.9. The van der Waals surface area contributed by atoms with Gasteiger partial charge in [-0.3, -0.25) is 9.52 Å². The Morgan fingerprint density at radius 3 is 2.62 bits per heavy atom. The van der Waals surface area contributed by atoms with Crippen LogP contribution in [0.1, 0.15) is 17.3 Å². The van der Waals surface area contributed by atoms with Crippen molar-refractivity contribution in [1.29, 1.82) is 0 Å². The first kappa shape index (κ1) is 23.6. The van der Waals surface area contributed by atoms with Crippen molar-refractivity contribution in [3.63, 3.8) is 0 Å². The zero-order chi connectivity index (χ0) is 24.3. The number of likely N-dealkylation sites (N-methyl/N-ethyl adjacent to an activating group) is 2. The van der Waals surface area contributed by atoms with Gasteiger partial charge in [-0.1, -0.05) is 30.3 Å². The van der Waals surface area contributed by atoms with Gasteiger partial charge in [0.05, 0.1) is 29.4 Å². The van der Waals surface area contributed by atoms with Crippen LogP contribution in [0.2, 0.25) is 0 Å². The topological polar surface area (TPSA) is 79.0 Å². The summed E-state index contributed by atoms with van der Waals surface area (Å²) in [7, 11) is -2.43. The first-order chi connectivity index (χ1) is 16.3. The van der Waals surface area contributed by atoms with Crippen LogP contribution in [0, 0.1) is 5.82 Å². The highest BCUT2D eigenvalue weighted by molar-refractivity contribution is 7.92. The number of ether oxygens (including phenoxy) is 1. The van der Waals surface area contributed by atoms with E-state index in [1.807, 2.05) is 24.3 Å². The van der Waals surface area contributed by atoms with Crippen molar-refractivity contribution < 1.29 is 22.3 Å². The lowest BCUT2D eigenvalue weighted by molar-refractivity contribution is 0.0709. The number of hydrogen-bond acceptors (Lipinski definition) is 5. The summed E-state index contributed by atoms with van der Waals surface area (Å²) < 4.78 is 47.8. The average Bonchev–Trinajstić information content (AvgIpc) is 2.84. The Labute approximate surface area is 198 Å². The van der Waals surface area contributed by atoms with Gasteiger partial charge in [0.1, 0.15) is 17.7 Å². The third-order valence-electron chi connectivity index (χ3n) is 5.64. The molecule has 1 amide bonds. The highest BCUT2D eigenvalue weighted by atomic mass is 32.2. The number of amides is 1. The van der Waals surface area contributed by atoms with Crippen LogP contribution in [0.25, 0.3) is 0 Å². The number of rotatable bonds is 7. The fourth-order valence-corrected chi connectivity index (χ4v) is 5.04. The smallest absolute Gasteiger partial charge is 0.262 e. The molecule has 0 aromatic heterocycles. The number of nitrogens with zero attached hydrogens (tertiary/aromatic N) is 2. The summed E-state index contributed by atoms with van der Waals surface area (Å²) in [5.74, 6) is -0.254. The van der Waals surface area contributed by atoms with E-state index in [1.165, 1.54) is 41.3 Å². The Morgan fingerprint density at radius 1 is 1.12 bits per heavy atom. The second-order valence-electron chi connectivity index (χ2n) is 8.05. The number of sulfonamides is 1.